The number of fused-ring (bicyclic) bond motifs is 2. The van der Waals surface area contributed by atoms with E-state index in [1.54, 1.807) is 12.1 Å². The fourth-order valence-corrected chi connectivity index (χ4v) is 5.88. The van der Waals surface area contributed by atoms with Gasteiger partial charge in [0.2, 0.25) is 5.95 Å². The van der Waals surface area contributed by atoms with Gasteiger partial charge in [-0.1, -0.05) is 18.2 Å². The Morgan fingerprint density at radius 3 is 2.83 bits per heavy atom. The van der Waals surface area contributed by atoms with Crippen molar-refractivity contribution in [2.45, 2.75) is 19.9 Å². The quantitative estimate of drug-likeness (QED) is 0.231. The third-order valence-corrected chi connectivity index (χ3v) is 7.82. The van der Waals surface area contributed by atoms with Gasteiger partial charge in [0, 0.05) is 41.5 Å². The van der Waals surface area contributed by atoms with Crippen LogP contribution in [0.15, 0.2) is 57.9 Å². The first-order valence-corrected chi connectivity index (χ1v) is 13.6. The molecule has 8 nitrogen and oxygen atoms in total. The number of aryl methyl sites for hydroxylation is 1. The molecule has 182 valence electrons. The SMILES string of the molecule is Cc1nc(N)nc(N2CCOc3ccc(-c4cnc5c(c4)N=IN5)cc3C2)c1Cc1ccc(F)cc1. The van der Waals surface area contributed by atoms with Gasteiger partial charge in [-0.15, -0.1) is 0 Å². The lowest BCUT2D eigenvalue weighted by molar-refractivity contribution is 0.331. The molecule has 0 radical (unpaired) electrons. The number of benzene rings is 2. The summed E-state index contributed by atoms with van der Waals surface area (Å²) in [7, 11) is 0. The van der Waals surface area contributed by atoms with Crippen LogP contribution in [0.5, 0.6) is 5.75 Å². The van der Waals surface area contributed by atoms with Crippen LogP contribution < -0.4 is 18.9 Å². The number of nitrogens with two attached hydrogens (primary N) is 1. The molecule has 4 aromatic rings. The van der Waals surface area contributed by atoms with Crippen molar-refractivity contribution in [1.29, 1.82) is 0 Å². The van der Waals surface area contributed by atoms with Gasteiger partial charge in [-0.2, -0.15) is 4.98 Å². The normalized spacial score (nSPS) is 14.2. The Morgan fingerprint density at radius 2 is 1.97 bits per heavy atom. The second-order valence-electron chi connectivity index (χ2n) is 8.72. The topological polar surface area (TPSA) is 102 Å². The highest BCUT2D eigenvalue weighted by atomic mass is 127. The molecule has 4 heterocycles. The van der Waals surface area contributed by atoms with Crippen LogP contribution >= 0.6 is 21.3 Å². The molecule has 0 amide bonds. The summed E-state index contributed by atoms with van der Waals surface area (Å²) in [5, 5.41) is 0. The van der Waals surface area contributed by atoms with E-state index < -0.39 is 21.3 Å². The molecule has 0 bridgehead atoms. The number of anilines is 3. The van der Waals surface area contributed by atoms with Crippen LogP contribution in [-0.4, -0.2) is 28.1 Å². The number of rotatable bonds is 4. The zero-order chi connectivity index (χ0) is 24.6. The molecule has 0 atom stereocenters. The predicted octanol–water partition coefficient (Wildman–Crippen LogP) is 5.68. The van der Waals surface area contributed by atoms with Crippen molar-refractivity contribution in [1.82, 2.24) is 15.0 Å². The number of pyridine rings is 1. The Bertz CT molecular complexity index is 1490. The third-order valence-electron chi connectivity index (χ3n) is 6.31. The van der Waals surface area contributed by atoms with Gasteiger partial charge in [0.1, 0.15) is 51.0 Å². The van der Waals surface area contributed by atoms with Gasteiger partial charge in [-0.25, -0.2) is 17.5 Å². The van der Waals surface area contributed by atoms with Gasteiger partial charge in [0.15, 0.2) is 5.82 Å². The summed E-state index contributed by atoms with van der Waals surface area (Å²) in [6.07, 6.45) is 2.45. The molecule has 0 aliphatic carbocycles. The Kier molecular flexibility index (Phi) is 5.96. The van der Waals surface area contributed by atoms with E-state index in [0.29, 0.717) is 26.1 Å². The largest absolute Gasteiger partial charge is 0.491 e. The lowest BCUT2D eigenvalue weighted by Crippen LogP contribution is -2.28. The number of nitrogen functional groups attached to an aromatic ring is 1. The van der Waals surface area contributed by atoms with Crippen molar-refractivity contribution in [2.24, 2.45) is 3.15 Å². The molecular weight excluding hydrogens is 572 g/mol. The standard InChI is InChI=1S/C26H23FIN7O/c1-15-21(10-16-2-5-20(27)6-3-16)25(32-26(29)31-15)35-8-9-36-23-7-4-17(11-19(23)14-35)18-12-22-24(30-13-18)34-28-33-22/h2-7,11-13H,8-10,14H2,1H3,(H2,29,31,32)(H,30,33,34). The van der Waals surface area contributed by atoms with Crippen molar-refractivity contribution in [3.05, 3.63) is 82.9 Å². The van der Waals surface area contributed by atoms with Gasteiger partial charge in [-0.05, 0) is 48.4 Å². The molecule has 0 unspecified atom stereocenters. The number of hydrogen-bond acceptors (Lipinski definition) is 8. The first-order chi connectivity index (χ1) is 17.5. The summed E-state index contributed by atoms with van der Waals surface area (Å²) in [5.74, 6) is 2.46. The molecule has 0 saturated heterocycles. The van der Waals surface area contributed by atoms with Crippen molar-refractivity contribution in [3.8, 4) is 16.9 Å². The van der Waals surface area contributed by atoms with Crippen molar-refractivity contribution < 1.29 is 9.13 Å². The van der Waals surface area contributed by atoms with Crippen LogP contribution in [0, 0.1) is 12.7 Å². The third kappa shape index (κ3) is 4.48. The number of halogens is 2. The van der Waals surface area contributed by atoms with Gasteiger partial charge in [0.25, 0.3) is 0 Å². The molecule has 6 rings (SSSR count). The summed E-state index contributed by atoms with van der Waals surface area (Å²) in [6, 6.07) is 14.8. The summed E-state index contributed by atoms with van der Waals surface area (Å²) in [4.78, 5) is 15.8. The summed E-state index contributed by atoms with van der Waals surface area (Å²) in [5.41, 5.74) is 12.9. The zero-order valence-electron chi connectivity index (χ0n) is 19.5. The van der Waals surface area contributed by atoms with Crippen LogP contribution in [-0.2, 0) is 13.0 Å². The maximum absolute atomic E-state index is 13.5. The minimum atomic E-state index is -0.400. The highest BCUT2D eigenvalue weighted by Crippen LogP contribution is 2.38. The molecule has 2 aliphatic heterocycles. The molecule has 36 heavy (non-hydrogen) atoms. The lowest BCUT2D eigenvalue weighted by atomic mass is 10.0. The molecular formula is C26H23FIN7O. The molecule has 0 fully saturated rings. The fourth-order valence-electron chi connectivity index (χ4n) is 4.49. The van der Waals surface area contributed by atoms with Crippen LogP contribution in [0.3, 0.4) is 0 Å². The van der Waals surface area contributed by atoms with Crippen molar-refractivity contribution in [2.75, 3.05) is 27.3 Å². The fraction of sp³-hybridized carbons (Fsp3) is 0.192. The number of nitrogens with zero attached hydrogens (tertiary/aromatic N) is 5. The first-order valence-electron chi connectivity index (χ1n) is 11.5. The molecule has 10 heteroatoms. The van der Waals surface area contributed by atoms with E-state index in [1.165, 1.54) is 12.1 Å². The lowest BCUT2D eigenvalue weighted by Gasteiger charge is -2.25. The molecule has 0 spiro atoms. The van der Waals surface area contributed by atoms with E-state index in [9.17, 15) is 4.39 Å². The van der Waals surface area contributed by atoms with E-state index in [1.807, 2.05) is 19.2 Å². The van der Waals surface area contributed by atoms with Gasteiger partial charge in [0.05, 0.1) is 6.54 Å². The van der Waals surface area contributed by atoms with Crippen LogP contribution in [0.25, 0.3) is 11.1 Å². The van der Waals surface area contributed by atoms with Crippen LogP contribution in [0.2, 0.25) is 0 Å². The van der Waals surface area contributed by atoms with E-state index >= 15 is 0 Å². The molecule has 2 aromatic heterocycles. The number of hydrogen-bond donors (Lipinski definition) is 2. The highest BCUT2D eigenvalue weighted by Gasteiger charge is 2.22. The average molecular weight is 595 g/mol. The molecule has 2 aliphatic rings. The number of ether oxygens (including phenoxy) is 1. The Morgan fingerprint density at radius 1 is 1.11 bits per heavy atom. The minimum Gasteiger partial charge on any atom is -0.491 e. The maximum atomic E-state index is 13.5. The van der Waals surface area contributed by atoms with Crippen LogP contribution in [0.4, 0.5) is 27.7 Å². The molecule has 2 aromatic carbocycles. The summed E-state index contributed by atoms with van der Waals surface area (Å²) >= 11 is -0.400. The predicted molar refractivity (Wildman–Crippen MR) is 146 cm³/mol. The average Bonchev–Trinajstić information content (AvgIpc) is 3.24. The zero-order valence-corrected chi connectivity index (χ0v) is 21.7. The molecule has 3 N–H and O–H groups in total. The van der Waals surface area contributed by atoms with E-state index in [0.717, 1.165) is 56.6 Å². The van der Waals surface area contributed by atoms with E-state index in [2.05, 4.69) is 44.7 Å². The number of aromatic nitrogens is 3. The Labute approximate surface area is 218 Å². The number of nitrogens with one attached hydrogen (secondary N) is 1. The Hall–Kier alpha value is -3.67. The molecule has 0 saturated carbocycles. The monoisotopic (exact) mass is 595 g/mol. The van der Waals surface area contributed by atoms with Crippen LogP contribution in [0.1, 0.15) is 22.4 Å². The maximum Gasteiger partial charge on any atom is 0.222 e. The van der Waals surface area contributed by atoms with E-state index in [4.69, 9.17) is 10.5 Å². The van der Waals surface area contributed by atoms with Gasteiger partial charge >= 0.3 is 0 Å². The minimum absolute atomic E-state index is 0.230. The van der Waals surface area contributed by atoms with Crippen molar-refractivity contribution >= 4 is 44.6 Å². The summed E-state index contributed by atoms with van der Waals surface area (Å²) in [6.45, 7) is 3.69. The van der Waals surface area contributed by atoms with E-state index in [-0.39, 0.29) is 11.8 Å². The second-order valence-corrected chi connectivity index (χ2v) is 10.2. The van der Waals surface area contributed by atoms with Crippen molar-refractivity contribution in [3.63, 3.8) is 0 Å². The second kappa shape index (κ2) is 9.41. The van der Waals surface area contributed by atoms with Gasteiger partial charge < -0.3 is 18.9 Å². The first kappa shape index (κ1) is 22.8. The highest BCUT2D eigenvalue weighted by molar-refractivity contribution is 14.2. The van der Waals surface area contributed by atoms with Gasteiger partial charge in [-0.3, -0.25) is 0 Å². The smallest absolute Gasteiger partial charge is 0.222 e. The Balaban J connectivity index is 1.35. The summed E-state index contributed by atoms with van der Waals surface area (Å²) < 4.78 is 27.4.